The number of nitrogens with one attached hydrogen (secondary N) is 1. The monoisotopic (exact) mass is 286 g/mol. The summed E-state index contributed by atoms with van der Waals surface area (Å²) in [4.78, 5) is 17.4. The van der Waals surface area contributed by atoms with Gasteiger partial charge in [0.1, 0.15) is 5.01 Å². The molecule has 2 aromatic heterocycles. The molecule has 0 spiro atoms. The highest BCUT2D eigenvalue weighted by atomic mass is 32.1. The molecule has 102 valence electrons. The smallest absolute Gasteiger partial charge is 0.251 e. The van der Waals surface area contributed by atoms with Crippen LogP contribution in [0.5, 0.6) is 0 Å². The van der Waals surface area contributed by atoms with Crippen molar-refractivity contribution < 1.29 is 4.79 Å². The van der Waals surface area contributed by atoms with Gasteiger partial charge in [-0.2, -0.15) is 5.10 Å². The van der Waals surface area contributed by atoms with Crippen LogP contribution < -0.4 is 5.32 Å². The van der Waals surface area contributed by atoms with Gasteiger partial charge in [-0.3, -0.25) is 4.79 Å². The molecule has 3 aromatic rings. The van der Waals surface area contributed by atoms with Gasteiger partial charge in [0, 0.05) is 5.56 Å². The Morgan fingerprint density at radius 3 is 2.80 bits per heavy atom. The minimum absolute atomic E-state index is 0.0908. The van der Waals surface area contributed by atoms with E-state index in [1.807, 2.05) is 32.0 Å². The number of aryl methyl sites for hydroxylation is 2. The number of hydrogen-bond acceptors (Lipinski definition) is 4. The third-order valence-electron chi connectivity index (χ3n) is 3.05. The summed E-state index contributed by atoms with van der Waals surface area (Å²) < 4.78 is 1.81. The lowest BCUT2D eigenvalue weighted by Gasteiger charge is -2.04. The van der Waals surface area contributed by atoms with E-state index in [-0.39, 0.29) is 5.91 Å². The van der Waals surface area contributed by atoms with E-state index >= 15 is 0 Å². The van der Waals surface area contributed by atoms with Crippen molar-refractivity contribution in [3.63, 3.8) is 0 Å². The number of nitrogens with zero attached hydrogens (tertiary/aromatic N) is 3. The van der Waals surface area contributed by atoms with Gasteiger partial charge in [0.15, 0.2) is 0 Å². The van der Waals surface area contributed by atoms with Crippen molar-refractivity contribution in [2.45, 2.75) is 20.4 Å². The Kier molecular flexibility index (Phi) is 3.23. The van der Waals surface area contributed by atoms with E-state index in [1.54, 1.807) is 28.0 Å². The van der Waals surface area contributed by atoms with Crippen molar-refractivity contribution in [2.24, 2.45) is 0 Å². The van der Waals surface area contributed by atoms with Gasteiger partial charge in [-0.15, -0.1) is 0 Å². The van der Waals surface area contributed by atoms with Gasteiger partial charge in [0.2, 0.25) is 4.96 Å². The molecular formula is C14H14N4OS. The first-order valence-corrected chi connectivity index (χ1v) is 7.11. The van der Waals surface area contributed by atoms with Gasteiger partial charge in [-0.1, -0.05) is 29.5 Å². The summed E-state index contributed by atoms with van der Waals surface area (Å²) in [6.45, 7) is 4.30. The van der Waals surface area contributed by atoms with Crippen LogP contribution in [0.3, 0.4) is 0 Å². The molecule has 0 saturated heterocycles. The van der Waals surface area contributed by atoms with E-state index in [9.17, 15) is 4.79 Å². The van der Waals surface area contributed by atoms with E-state index in [0.29, 0.717) is 12.1 Å². The Morgan fingerprint density at radius 1 is 1.30 bits per heavy atom. The summed E-state index contributed by atoms with van der Waals surface area (Å²) in [5, 5.41) is 8.28. The molecule has 3 rings (SSSR count). The van der Waals surface area contributed by atoms with Crippen LogP contribution in [0.25, 0.3) is 4.96 Å². The van der Waals surface area contributed by atoms with Crippen LogP contribution in [0.2, 0.25) is 0 Å². The molecule has 0 aliphatic heterocycles. The normalized spacial score (nSPS) is 10.9. The summed E-state index contributed by atoms with van der Waals surface area (Å²) in [7, 11) is 0. The van der Waals surface area contributed by atoms with E-state index < -0.39 is 0 Å². The van der Waals surface area contributed by atoms with Gasteiger partial charge in [-0.05, 0) is 26.0 Å². The molecule has 20 heavy (non-hydrogen) atoms. The van der Waals surface area contributed by atoms with Crippen LogP contribution in [-0.2, 0) is 6.54 Å². The van der Waals surface area contributed by atoms with Gasteiger partial charge in [0.05, 0.1) is 17.9 Å². The number of carbonyl (C=O) groups excluding carboxylic acids is 1. The number of amides is 1. The lowest BCUT2D eigenvalue weighted by Crippen LogP contribution is -2.24. The van der Waals surface area contributed by atoms with E-state index in [0.717, 1.165) is 21.4 Å². The molecule has 0 unspecified atom stereocenters. The van der Waals surface area contributed by atoms with Gasteiger partial charge in [-0.25, -0.2) is 9.50 Å². The average Bonchev–Trinajstić information content (AvgIpc) is 2.92. The molecule has 6 heteroatoms. The molecule has 2 heterocycles. The molecule has 0 saturated carbocycles. The fourth-order valence-corrected chi connectivity index (χ4v) is 2.85. The minimum atomic E-state index is -0.0908. The Bertz CT molecular complexity index is 760. The molecular weight excluding hydrogens is 272 g/mol. The maximum Gasteiger partial charge on any atom is 0.251 e. The number of imidazole rings is 1. The highest BCUT2D eigenvalue weighted by molar-refractivity contribution is 7.16. The number of fused-ring (bicyclic) bond motifs is 1. The zero-order chi connectivity index (χ0) is 14.1. The predicted molar refractivity (Wildman–Crippen MR) is 78.0 cm³/mol. The fraction of sp³-hybridized carbons (Fsp3) is 0.214. The van der Waals surface area contributed by atoms with Crippen LogP contribution in [0.15, 0.2) is 30.3 Å². The third-order valence-corrected chi connectivity index (χ3v) is 3.87. The molecule has 0 radical (unpaired) electrons. The second kappa shape index (κ2) is 5.05. The fourth-order valence-electron chi connectivity index (χ4n) is 2.04. The second-order valence-corrected chi connectivity index (χ2v) is 5.67. The van der Waals surface area contributed by atoms with E-state index in [1.165, 1.54) is 0 Å². The molecule has 1 N–H and O–H groups in total. The first-order valence-electron chi connectivity index (χ1n) is 6.30. The Balaban J connectivity index is 1.80. The van der Waals surface area contributed by atoms with Crippen molar-refractivity contribution >= 4 is 22.2 Å². The SMILES string of the molecule is Cc1nn2c(CNC(=O)c3ccccc3)c(C)nc2s1. The maximum absolute atomic E-state index is 12.0. The highest BCUT2D eigenvalue weighted by Crippen LogP contribution is 2.17. The average molecular weight is 286 g/mol. The van der Waals surface area contributed by atoms with Crippen molar-refractivity contribution in [1.29, 1.82) is 0 Å². The van der Waals surface area contributed by atoms with E-state index in [2.05, 4.69) is 15.4 Å². The molecule has 0 atom stereocenters. The van der Waals surface area contributed by atoms with Crippen molar-refractivity contribution in [1.82, 2.24) is 19.9 Å². The number of benzene rings is 1. The standard InChI is InChI=1S/C14H14N4OS/c1-9-12(18-14(16-9)20-10(2)17-18)8-15-13(19)11-6-4-3-5-7-11/h3-7H,8H2,1-2H3,(H,15,19). The summed E-state index contributed by atoms with van der Waals surface area (Å²) in [6, 6.07) is 9.17. The first kappa shape index (κ1) is 12.8. The van der Waals surface area contributed by atoms with Crippen LogP contribution in [-0.4, -0.2) is 20.5 Å². The molecule has 1 aromatic carbocycles. The van der Waals surface area contributed by atoms with Crippen LogP contribution >= 0.6 is 11.3 Å². The minimum Gasteiger partial charge on any atom is -0.346 e. The van der Waals surface area contributed by atoms with Crippen molar-refractivity contribution in [2.75, 3.05) is 0 Å². The molecule has 0 aliphatic carbocycles. The lowest BCUT2D eigenvalue weighted by atomic mass is 10.2. The molecule has 0 fully saturated rings. The lowest BCUT2D eigenvalue weighted by molar-refractivity contribution is 0.0950. The zero-order valence-corrected chi connectivity index (χ0v) is 12.1. The molecule has 5 nitrogen and oxygen atoms in total. The largest absolute Gasteiger partial charge is 0.346 e. The highest BCUT2D eigenvalue weighted by Gasteiger charge is 2.13. The van der Waals surface area contributed by atoms with Crippen LogP contribution in [0.4, 0.5) is 0 Å². The Morgan fingerprint density at radius 2 is 2.05 bits per heavy atom. The topological polar surface area (TPSA) is 59.3 Å². The van der Waals surface area contributed by atoms with Gasteiger partial charge in [0.25, 0.3) is 5.91 Å². The molecule has 0 aliphatic rings. The summed E-state index contributed by atoms with van der Waals surface area (Å²) in [6.07, 6.45) is 0. The second-order valence-electron chi connectivity index (χ2n) is 4.51. The quantitative estimate of drug-likeness (QED) is 0.804. The summed E-state index contributed by atoms with van der Waals surface area (Å²) in [5.41, 5.74) is 2.48. The van der Waals surface area contributed by atoms with Gasteiger partial charge >= 0.3 is 0 Å². The van der Waals surface area contributed by atoms with Crippen LogP contribution in [0.1, 0.15) is 26.8 Å². The van der Waals surface area contributed by atoms with Crippen molar-refractivity contribution in [3.05, 3.63) is 52.3 Å². The number of rotatable bonds is 3. The number of hydrogen-bond donors (Lipinski definition) is 1. The predicted octanol–water partition coefficient (Wildman–Crippen LogP) is 2.34. The summed E-state index contributed by atoms with van der Waals surface area (Å²) >= 11 is 1.55. The zero-order valence-electron chi connectivity index (χ0n) is 11.3. The molecule has 0 bridgehead atoms. The van der Waals surface area contributed by atoms with Crippen LogP contribution in [0, 0.1) is 13.8 Å². The molecule has 1 amide bonds. The van der Waals surface area contributed by atoms with Gasteiger partial charge < -0.3 is 5.32 Å². The van der Waals surface area contributed by atoms with E-state index in [4.69, 9.17) is 0 Å². The summed E-state index contributed by atoms with van der Waals surface area (Å²) in [5.74, 6) is -0.0908. The Hall–Kier alpha value is -2.21. The maximum atomic E-state index is 12.0. The third kappa shape index (κ3) is 2.30. The number of aromatic nitrogens is 3. The number of carbonyl (C=O) groups is 1. The first-order chi connectivity index (χ1) is 9.65. The van der Waals surface area contributed by atoms with Crippen molar-refractivity contribution in [3.8, 4) is 0 Å². The Labute approximate surface area is 120 Å².